The summed E-state index contributed by atoms with van der Waals surface area (Å²) in [5.74, 6) is 0.841. The van der Waals surface area contributed by atoms with Gasteiger partial charge in [0.15, 0.2) is 9.84 Å². The summed E-state index contributed by atoms with van der Waals surface area (Å²) in [6.45, 7) is 3.82. The normalized spacial score (nSPS) is 27.2. The number of piperidine rings is 3. The molecule has 0 N–H and O–H groups in total. The molecule has 3 fully saturated rings. The predicted molar refractivity (Wildman–Crippen MR) is 120 cm³/mol. The highest BCUT2D eigenvalue weighted by atomic mass is 32.2. The number of hydrogen-bond donors (Lipinski definition) is 0. The number of nitrogens with zero attached hydrogens (tertiary/aromatic N) is 2. The molecular weight excluding hydrogens is 427 g/mol. The van der Waals surface area contributed by atoms with Gasteiger partial charge >= 0.3 is 0 Å². The SMILES string of the molecule is CS(=O)(=O)c1ccc2c(c1)CCN(C(=O)C[C@@H]1CN3CCC1CC3)[C@@H]2c1ccc(F)cc1. The van der Waals surface area contributed by atoms with Crippen LogP contribution in [0.2, 0.25) is 0 Å². The molecule has 2 atom stereocenters. The molecule has 170 valence electrons. The van der Waals surface area contributed by atoms with Crippen LogP contribution in [0.4, 0.5) is 4.39 Å². The van der Waals surface area contributed by atoms with E-state index in [1.807, 2.05) is 11.0 Å². The van der Waals surface area contributed by atoms with Gasteiger partial charge in [0.2, 0.25) is 5.91 Å². The molecule has 5 nitrogen and oxygen atoms in total. The lowest BCUT2D eigenvalue weighted by Crippen LogP contribution is -2.49. The quantitative estimate of drug-likeness (QED) is 0.707. The van der Waals surface area contributed by atoms with Gasteiger partial charge in [-0.3, -0.25) is 4.79 Å². The molecule has 0 saturated carbocycles. The maximum atomic E-state index is 13.6. The maximum absolute atomic E-state index is 13.6. The summed E-state index contributed by atoms with van der Waals surface area (Å²) in [4.78, 5) is 18.2. The highest BCUT2D eigenvalue weighted by molar-refractivity contribution is 7.90. The van der Waals surface area contributed by atoms with E-state index in [1.54, 1.807) is 24.3 Å². The number of carbonyl (C=O) groups is 1. The van der Waals surface area contributed by atoms with Crippen LogP contribution < -0.4 is 0 Å². The number of halogens is 1. The molecule has 0 spiro atoms. The Morgan fingerprint density at radius 1 is 1.06 bits per heavy atom. The number of sulfone groups is 1. The van der Waals surface area contributed by atoms with Crippen molar-refractivity contribution in [2.45, 2.75) is 36.6 Å². The average Bonchev–Trinajstić information content (AvgIpc) is 2.79. The van der Waals surface area contributed by atoms with Crippen molar-refractivity contribution >= 4 is 15.7 Å². The third-order valence-corrected chi connectivity index (χ3v) is 8.62. The summed E-state index contributed by atoms with van der Waals surface area (Å²) >= 11 is 0. The molecular formula is C25H29FN2O3S. The number of rotatable bonds is 4. The second-order valence-corrected chi connectivity index (χ2v) is 11.5. The largest absolute Gasteiger partial charge is 0.331 e. The number of amides is 1. The van der Waals surface area contributed by atoms with Gasteiger partial charge in [0.05, 0.1) is 10.9 Å². The Kier molecular flexibility index (Phi) is 5.58. The fourth-order valence-electron chi connectivity index (χ4n) is 5.77. The smallest absolute Gasteiger partial charge is 0.223 e. The molecule has 6 rings (SSSR count). The lowest BCUT2D eigenvalue weighted by atomic mass is 9.77. The standard InChI is InChI=1S/C25H29FN2O3S/c1-32(30,31)22-6-7-23-19(14-22)10-13-28(25(23)18-2-4-21(26)5-3-18)24(29)15-20-16-27-11-8-17(20)9-12-27/h2-7,14,17,20,25H,8-13,15-16H2,1H3/t20-,25-/m1/s1. The van der Waals surface area contributed by atoms with E-state index >= 15 is 0 Å². The minimum Gasteiger partial charge on any atom is -0.331 e. The van der Waals surface area contributed by atoms with Crippen LogP contribution in [-0.4, -0.2) is 56.6 Å². The first-order chi connectivity index (χ1) is 15.3. The minimum atomic E-state index is -3.31. The highest BCUT2D eigenvalue weighted by Crippen LogP contribution is 2.39. The number of fused-ring (bicyclic) bond motifs is 4. The number of hydrogen-bond acceptors (Lipinski definition) is 4. The van der Waals surface area contributed by atoms with E-state index in [4.69, 9.17) is 0 Å². The summed E-state index contributed by atoms with van der Waals surface area (Å²) in [6.07, 6.45) is 4.71. The lowest BCUT2D eigenvalue weighted by Gasteiger charge is -2.46. The Morgan fingerprint density at radius 2 is 1.78 bits per heavy atom. The molecule has 4 aliphatic heterocycles. The zero-order chi connectivity index (χ0) is 22.5. The maximum Gasteiger partial charge on any atom is 0.223 e. The monoisotopic (exact) mass is 456 g/mol. The molecule has 4 heterocycles. The topological polar surface area (TPSA) is 57.7 Å². The van der Waals surface area contributed by atoms with Gasteiger partial charge in [-0.15, -0.1) is 0 Å². The molecule has 0 aromatic heterocycles. The van der Waals surface area contributed by atoms with Crippen molar-refractivity contribution in [1.29, 1.82) is 0 Å². The number of carbonyl (C=O) groups excluding carboxylic acids is 1. The van der Waals surface area contributed by atoms with Crippen molar-refractivity contribution in [1.82, 2.24) is 9.80 Å². The molecule has 1 amide bonds. The van der Waals surface area contributed by atoms with Gasteiger partial charge in [-0.1, -0.05) is 18.2 Å². The van der Waals surface area contributed by atoms with E-state index < -0.39 is 9.84 Å². The van der Waals surface area contributed by atoms with Gasteiger partial charge in [0, 0.05) is 25.8 Å². The van der Waals surface area contributed by atoms with E-state index in [0.717, 1.165) is 36.3 Å². The Bertz CT molecular complexity index is 1120. The van der Waals surface area contributed by atoms with Crippen LogP contribution in [0.25, 0.3) is 0 Å². The molecule has 0 unspecified atom stereocenters. The van der Waals surface area contributed by atoms with Crippen molar-refractivity contribution in [3.05, 3.63) is 65.0 Å². The fraction of sp³-hybridized carbons (Fsp3) is 0.480. The predicted octanol–water partition coefficient (Wildman–Crippen LogP) is 3.44. The van der Waals surface area contributed by atoms with Crippen molar-refractivity contribution in [2.75, 3.05) is 32.4 Å². The number of benzene rings is 2. The van der Waals surface area contributed by atoms with Crippen molar-refractivity contribution in [3.8, 4) is 0 Å². The van der Waals surface area contributed by atoms with Crippen molar-refractivity contribution in [2.24, 2.45) is 11.8 Å². The molecule has 2 aromatic rings. The van der Waals surface area contributed by atoms with Crippen LogP contribution in [0.5, 0.6) is 0 Å². The summed E-state index contributed by atoms with van der Waals surface area (Å²) in [6, 6.07) is 11.1. The third-order valence-electron chi connectivity index (χ3n) is 7.51. The summed E-state index contributed by atoms with van der Waals surface area (Å²) in [7, 11) is -3.31. The molecule has 0 aliphatic carbocycles. The fourth-order valence-corrected chi connectivity index (χ4v) is 6.44. The second kappa shape index (κ2) is 8.27. The van der Waals surface area contributed by atoms with Crippen LogP contribution in [-0.2, 0) is 21.1 Å². The molecule has 7 heteroatoms. The molecule has 2 aromatic carbocycles. The zero-order valence-electron chi connectivity index (χ0n) is 18.3. The first-order valence-electron chi connectivity index (χ1n) is 11.4. The Labute approximate surface area is 189 Å². The van der Waals surface area contributed by atoms with E-state index in [-0.39, 0.29) is 17.8 Å². The summed E-state index contributed by atoms with van der Waals surface area (Å²) in [5, 5.41) is 0. The first kappa shape index (κ1) is 21.6. The van der Waals surface area contributed by atoms with E-state index in [1.165, 1.54) is 31.2 Å². The molecule has 32 heavy (non-hydrogen) atoms. The third kappa shape index (κ3) is 4.08. The lowest BCUT2D eigenvalue weighted by molar-refractivity contribution is -0.136. The van der Waals surface area contributed by atoms with Gasteiger partial charge in [-0.05, 0) is 85.1 Å². The van der Waals surface area contributed by atoms with Gasteiger partial charge in [-0.2, -0.15) is 0 Å². The van der Waals surface area contributed by atoms with Crippen LogP contribution >= 0.6 is 0 Å². The molecule has 4 aliphatic rings. The second-order valence-electron chi connectivity index (χ2n) is 9.53. The molecule has 2 bridgehead atoms. The van der Waals surface area contributed by atoms with Crippen LogP contribution in [0.3, 0.4) is 0 Å². The molecule has 3 saturated heterocycles. The van der Waals surface area contributed by atoms with Gasteiger partial charge < -0.3 is 9.80 Å². The summed E-state index contributed by atoms with van der Waals surface area (Å²) in [5.41, 5.74) is 2.72. The van der Waals surface area contributed by atoms with Gasteiger partial charge in [0.1, 0.15) is 5.82 Å². The van der Waals surface area contributed by atoms with Crippen LogP contribution in [0, 0.1) is 17.7 Å². The first-order valence-corrected chi connectivity index (χ1v) is 13.3. The van der Waals surface area contributed by atoms with Crippen LogP contribution in [0.15, 0.2) is 47.4 Å². The summed E-state index contributed by atoms with van der Waals surface area (Å²) < 4.78 is 37.7. The van der Waals surface area contributed by atoms with Crippen molar-refractivity contribution < 1.29 is 17.6 Å². The molecule has 0 radical (unpaired) electrons. The highest BCUT2D eigenvalue weighted by Gasteiger charge is 2.38. The van der Waals surface area contributed by atoms with E-state index in [9.17, 15) is 17.6 Å². The Hall–Kier alpha value is -2.25. The Balaban J connectivity index is 1.48. The average molecular weight is 457 g/mol. The van der Waals surface area contributed by atoms with Crippen molar-refractivity contribution in [3.63, 3.8) is 0 Å². The Morgan fingerprint density at radius 3 is 2.41 bits per heavy atom. The zero-order valence-corrected chi connectivity index (χ0v) is 19.2. The van der Waals surface area contributed by atoms with Crippen LogP contribution in [0.1, 0.15) is 42.0 Å². The van der Waals surface area contributed by atoms with E-state index in [0.29, 0.717) is 36.1 Å². The van der Waals surface area contributed by atoms with Gasteiger partial charge in [0.25, 0.3) is 0 Å². The van der Waals surface area contributed by atoms with E-state index in [2.05, 4.69) is 4.90 Å². The van der Waals surface area contributed by atoms with Gasteiger partial charge in [-0.25, -0.2) is 12.8 Å². The minimum absolute atomic E-state index is 0.135.